The highest BCUT2D eigenvalue weighted by Crippen LogP contribution is 2.40. The average molecular weight is 351 g/mol. The highest BCUT2D eigenvalue weighted by Gasteiger charge is 2.33. The van der Waals surface area contributed by atoms with E-state index in [2.05, 4.69) is 0 Å². The van der Waals surface area contributed by atoms with Gasteiger partial charge < -0.3 is 9.84 Å². The molecule has 2 aromatic carbocycles. The van der Waals surface area contributed by atoms with Crippen LogP contribution in [0, 0.1) is 0 Å². The van der Waals surface area contributed by atoms with Gasteiger partial charge in [-0.05, 0) is 50.5 Å². The fraction of sp³-hybridized carbons (Fsp3) is 0.318. The van der Waals surface area contributed by atoms with Crippen LogP contribution in [-0.2, 0) is 4.74 Å². The molecule has 0 bridgehead atoms. The van der Waals surface area contributed by atoms with Crippen LogP contribution in [0.15, 0.2) is 60.2 Å². The maximum absolute atomic E-state index is 12.7. The molecule has 1 N–H and O–H groups in total. The van der Waals surface area contributed by atoms with Crippen molar-refractivity contribution in [2.45, 2.75) is 39.4 Å². The molecule has 0 aromatic heterocycles. The highest BCUT2D eigenvalue weighted by atomic mass is 16.6. The number of hydrogen-bond donors (Lipinski definition) is 1. The number of aliphatic hydroxyl groups is 1. The van der Waals surface area contributed by atoms with Gasteiger partial charge >= 0.3 is 6.09 Å². The van der Waals surface area contributed by atoms with Gasteiger partial charge in [-0.3, -0.25) is 4.90 Å². The van der Waals surface area contributed by atoms with Gasteiger partial charge in [0.15, 0.2) is 0 Å². The van der Waals surface area contributed by atoms with E-state index in [-0.39, 0.29) is 6.09 Å². The van der Waals surface area contributed by atoms with Crippen LogP contribution in [0.1, 0.15) is 44.9 Å². The van der Waals surface area contributed by atoms with E-state index in [0.29, 0.717) is 6.54 Å². The number of aliphatic hydroxyl groups excluding tert-OH is 1. The van der Waals surface area contributed by atoms with Crippen LogP contribution in [0.2, 0.25) is 0 Å². The molecule has 0 spiro atoms. The fourth-order valence-electron chi connectivity index (χ4n) is 3.16. The van der Waals surface area contributed by atoms with E-state index >= 15 is 0 Å². The number of amides is 1. The molecule has 0 fully saturated rings. The number of carbonyl (C=O) groups is 1. The number of para-hydroxylation sites is 1. The predicted octanol–water partition coefficient (Wildman–Crippen LogP) is 4.95. The molecule has 1 atom stereocenters. The summed E-state index contributed by atoms with van der Waals surface area (Å²) in [7, 11) is 0. The molecule has 26 heavy (non-hydrogen) atoms. The molecule has 0 saturated heterocycles. The van der Waals surface area contributed by atoms with Gasteiger partial charge in [-0.15, -0.1) is 0 Å². The normalized spacial score (nSPS) is 16.9. The number of nitrogens with zero attached hydrogens (tertiary/aromatic N) is 1. The highest BCUT2D eigenvalue weighted by molar-refractivity contribution is 6.00. The Morgan fingerprint density at radius 1 is 1.08 bits per heavy atom. The van der Waals surface area contributed by atoms with Crippen molar-refractivity contribution in [1.29, 1.82) is 0 Å². The second-order valence-electron chi connectivity index (χ2n) is 7.56. The Kier molecular flexibility index (Phi) is 4.88. The number of ether oxygens (including phenoxy) is 1. The first-order valence-electron chi connectivity index (χ1n) is 8.80. The third-order valence-electron chi connectivity index (χ3n) is 4.45. The smallest absolute Gasteiger partial charge is 0.415 e. The first kappa shape index (κ1) is 18.2. The summed E-state index contributed by atoms with van der Waals surface area (Å²) in [6.45, 7) is 7.88. The molecule has 2 aromatic rings. The molecule has 1 aliphatic heterocycles. The minimum atomic E-state index is -0.710. The number of benzene rings is 2. The molecule has 1 unspecified atom stereocenters. The largest absolute Gasteiger partial charge is 0.443 e. The molecule has 4 heteroatoms. The molecule has 0 aliphatic carbocycles. The van der Waals surface area contributed by atoms with Gasteiger partial charge in [-0.1, -0.05) is 48.5 Å². The second-order valence-corrected chi connectivity index (χ2v) is 7.56. The number of rotatable bonds is 2. The Balaban J connectivity index is 1.98. The van der Waals surface area contributed by atoms with Crippen molar-refractivity contribution in [3.05, 3.63) is 71.3 Å². The third kappa shape index (κ3) is 3.65. The summed E-state index contributed by atoms with van der Waals surface area (Å²) < 4.78 is 5.55. The van der Waals surface area contributed by atoms with E-state index < -0.39 is 11.7 Å². The summed E-state index contributed by atoms with van der Waals surface area (Å²) >= 11 is 0. The molecule has 136 valence electrons. The molecular formula is C22H25NO3. The maximum Gasteiger partial charge on any atom is 0.415 e. The van der Waals surface area contributed by atoms with Crippen molar-refractivity contribution in [1.82, 2.24) is 0 Å². The molecule has 0 saturated carbocycles. The lowest BCUT2D eigenvalue weighted by atomic mass is 9.95. The second kappa shape index (κ2) is 6.96. The number of fused-ring (bicyclic) bond motifs is 1. The summed E-state index contributed by atoms with van der Waals surface area (Å²) in [5.74, 6) is 0. The van der Waals surface area contributed by atoms with Crippen LogP contribution in [0.25, 0.3) is 5.57 Å². The Hall–Kier alpha value is -2.59. The number of carbonyl (C=O) groups excluding carboxylic acids is 1. The lowest BCUT2D eigenvalue weighted by Gasteiger charge is -2.24. The SMILES string of the molecule is C/C(=C1\CN(C(=O)OC(C)(C)C)c2ccccc21)C(O)c1ccccc1. The monoisotopic (exact) mass is 351 g/mol. The van der Waals surface area contributed by atoms with E-state index in [1.807, 2.05) is 82.3 Å². The van der Waals surface area contributed by atoms with Crippen molar-refractivity contribution in [2.75, 3.05) is 11.4 Å². The van der Waals surface area contributed by atoms with E-state index in [4.69, 9.17) is 4.74 Å². The number of hydrogen-bond acceptors (Lipinski definition) is 3. The zero-order valence-electron chi connectivity index (χ0n) is 15.7. The summed E-state index contributed by atoms with van der Waals surface area (Å²) in [5.41, 5.74) is 3.86. The Morgan fingerprint density at radius 3 is 2.35 bits per heavy atom. The van der Waals surface area contributed by atoms with Gasteiger partial charge in [0.1, 0.15) is 11.7 Å². The quantitative estimate of drug-likeness (QED) is 0.833. The predicted molar refractivity (Wildman–Crippen MR) is 104 cm³/mol. The molecular weight excluding hydrogens is 326 g/mol. The zero-order chi connectivity index (χ0) is 18.9. The first-order valence-corrected chi connectivity index (χ1v) is 8.80. The third-order valence-corrected chi connectivity index (χ3v) is 4.45. The van der Waals surface area contributed by atoms with Crippen molar-refractivity contribution >= 4 is 17.4 Å². The Bertz CT molecular complexity index is 834. The van der Waals surface area contributed by atoms with Gasteiger partial charge in [0.25, 0.3) is 0 Å². The Morgan fingerprint density at radius 2 is 1.69 bits per heavy atom. The van der Waals surface area contributed by atoms with E-state index in [9.17, 15) is 9.90 Å². The van der Waals surface area contributed by atoms with Crippen molar-refractivity contribution in [3.8, 4) is 0 Å². The van der Waals surface area contributed by atoms with Crippen molar-refractivity contribution < 1.29 is 14.6 Å². The van der Waals surface area contributed by atoms with Crippen LogP contribution in [0.4, 0.5) is 10.5 Å². The van der Waals surface area contributed by atoms with Gasteiger partial charge in [-0.25, -0.2) is 4.79 Å². The maximum atomic E-state index is 12.7. The fourth-order valence-corrected chi connectivity index (χ4v) is 3.16. The van der Waals surface area contributed by atoms with Crippen LogP contribution < -0.4 is 4.90 Å². The van der Waals surface area contributed by atoms with Crippen LogP contribution >= 0.6 is 0 Å². The lowest BCUT2D eigenvalue weighted by Crippen LogP contribution is -2.35. The topological polar surface area (TPSA) is 49.8 Å². The molecule has 4 nitrogen and oxygen atoms in total. The minimum Gasteiger partial charge on any atom is -0.443 e. The number of anilines is 1. The van der Waals surface area contributed by atoms with Gasteiger partial charge in [0.2, 0.25) is 0 Å². The minimum absolute atomic E-state index is 0.373. The molecule has 0 radical (unpaired) electrons. The van der Waals surface area contributed by atoms with Gasteiger partial charge in [0.05, 0.1) is 12.2 Å². The van der Waals surface area contributed by atoms with E-state index in [1.165, 1.54) is 0 Å². The van der Waals surface area contributed by atoms with Crippen LogP contribution in [0.3, 0.4) is 0 Å². The molecule has 1 heterocycles. The zero-order valence-corrected chi connectivity index (χ0v) is 15.7. The molecule has 1 amide bonds. The lowest BCUT2D eigenvalue weighted by molar-refractivity contribution is 0.0586. The Labute approximate surface area is 154 Å². The summed E-state index contributed by atoms with van der Waals surface area (Å²) in [6, 6.07) is 17.3. The summed E-state index contributed by atoms with van der Waals surface area (Å²) in [6.07, 6.45) is -1.08. The molecule has 3 rings (SSSR count). The van der Waals surface area contributed by atoms with Crippen molar-refractivity contribution in [2.24, 2.45) is 0 Å². The van der Waals surface area contributed by atoms with Crippen LogP contribution in [0.5, 0.6) is 0 Å². The summed E-state index contributed by atoms with van der Waals surface area (Å²) in [4.78, 5) is 14.3. The standard InChI is InChI=1S/C22H25NO3/c1-15(20(24)16-10-6-5-7-11-16)18-14-23(21(25)26-22(2,3)4)19-13-9-8-12-17(18)19/h5-13,20,24H,14H2,1-4H3/b18-15-. The van der Waals surface area contributed by atoms with Crippen molar-refractivity contribution in [3.63, 3.8) is 0 Å². The van der Waals surface area contributed by atoms with E-state index in [0.717, 1.165) is 28.0 Å². The van der Waals surface area contributed by atoms with E-state index in [1.54, 1.807) is 4.90 Å². The summed E-state index contributed by atoms with van der Waals surface area (Å²) in [5, 5.41) is 10.8. The molecule has 1 aliphatic rings. The first-order chi connectivity index (χ1) is 12.3. The average Bonchev–Trinajstić information content (AvgIpc) is 2.99. The van der Waals surface area contributed by atoms with Gasteiger partial charge in [-0.2, -0.15) is 0 Å². The van der Waals surface area contributed by atoms with Gasteiger partial charge in [0, 0.05) is 5.56 Å². The van der Waals surface area contributed by atoms with Crippen LogP contribution in [-0.4, -0.2) is 23.3 Å².